The van der Waals surface area contributed by atoms with Gasteiger partial charge in [-0.3, -0.25) is 4.79 Å². The van der Waals surface area contributed by atoms with Crippen molar-refractivity contribution in [2.75, 3.05) is 12.4 Å². The molecule has 0 aliphatic rings. The maximum atomic E-state index is 12.3. The highest BCUT2D eigenvalue weighted by molar-refractivity contribution is 6.04. The fourth-order valence-corrected chi connectivity index (χ4v) is 1.96. The highest BCUT2D eigenvalue weighted by Gasteiger charge is 2.13. The highest BCUT2D eigenvalue weighted by Crippen LogP contribution is 2.29. The number of rotatable bonds is 5. The monoisotopic (exact) mass is 300 g/mol. The van der Waals surface area contributed by atoms with Crippen LogP contribution in [0.4, 0.5) is 5.82 Å². The molecule has 0 unspecified atom stereocenters. The van der Waals surface area contributed by atoms with Crippen LogP contribution in [0.3, 0.4) is 0 Å². The molecule has 0 aliphatic carbocycles. The second-order valence-corrected chi connectivity index (χ2v) is 5.16. The average Bonchev–Trinajstić information content (AvgIpc) is 2.49. The van der Waals surface area contributed by atoms with Gasteiger partial charge in [-0.05, 0) is 50.6 Å². The summed E-state index contributed by atoms with van der Waals surface area (Å²) in [5, 5.41) is 2.79. The Kier molecular flexibility index (Phi) is 4.99. The summed E-state index contributed by atoms with van der Waals surface area (Å²) in [5.74, 6) is 1.45. The van der Waals surface area contributed by atoms with Crippen LogP contribution in [-0.2, 0) is 0 Å². The van der Waals surface area contributed by atoms with Gasteiger partial charge in [0.2, 0.25) is 0 Å². The van der Waals surface area contributed by atoms with Gasteiger partial charge in [0.25, 0.3) is 5.91 Å². The van der Waals surface area contributed by atoms with E-state index in [1.165, 1.54) is 0 Å². The molecule has 0 aliphatic heterocycles. The number of nitrogens with zero attached hydrogens (tertiary/aromatic N) is 1. The molecular weight excluding hydrogens is 280 g/mol. The first-order chi connectivity index (χ1) is 10.5. The number of pyridine rings is 1. The van der Waals surface area contributed by atoms with E-state index >= 15 is 0 Å². The number of hydrogen-bond donors (Lipinski definition) is 1. The van der Waals surface area contributed by atoms with Gasteiger partial charge >= 0.3 is 0 Å². The van der Waals surface area contributed by atoms with E-state index in [9.17, 15) is 4.79 Å². The molecule has 5 heteroatoms. The van der Waals surface area contributed by atoms with Crippen molar-refractivity contribution in [1.29, 1.82) is 0 Å². The number of amides is 1. The number of nitrogens with one attached hydrogen (secondary N) is 1. The van der Waals surface area contributed by atoms with Gasteiger partial charge in [0.15, 0.2) is 11.5 Å². The topological polar surface area (TPSA) is 60.5 Å². The van der Waals surface area contributed by atoms with E-state index in [4.69, 9.17) is 9.47 Å². The zero-order valence-corrected chi connectivity index (χ0v) is 13.2. The van der Waals surface area contributed by atoms with Crippen LogP contribution >= 0.6 is 0 Å². The van der Waals surface area contributed by atoms with Crippen molar-refractivity contribution >= 4 is 11.7 Å². The molecule has 116 valence electrons. The third-order valence-electron chi connectivity index (χ3n) is 3.03. The number of anilines is 1. The Bertz CT molecular complexity index is 669. The van der Waals surface area contributed by atoms with Crippen molar-refractivity contribution in [2.24, 2.45) is 0 Å². The Morgan fingerprint density at radius 2 is 2.00 bits per heavy atom. The van der Waals surface area contributed by atoms with Crippen LogP contribution < -0.4 is 14.8 Å². The first-order valence-electron chi connectivity index (χ1n) is 7.09. The minimum absolute atomic E-state index is 0.0322. The van der Waals surface area contributed by atoms with Crippen molar-refractivity contribution in [1.82, 2.24) is 4.98 Å². The first-order valence-corrected chi connectivity index (χ1v) is 7.09. The van der Waals surface area contributed by atoms with E-state index in [2.05, 4.69) is 10.3 Å². The summed E-state index contributed by atoms with van der Waals surface area (Å²) in [7, 11) is 1.55. The summed E-state index contributed by atoms with van der Waals surface area (Å²) < 4.78 is 10.9. The summed E-state index contributed by atoms with van der Waals surface area (Å²) in [5.41, 5.74) is 1.39. The summed E-state index contributed by atoms with van der Waals surface area (Å²) in [6.45, 7) is 5.76. The molecule has 0 atom stereocenters. The van der Waals surface area contributed by atoms with Gasteiger partial charge < -0.3 is 14.8 Å². The van der Waals surface area contributed by atoms with Crippen LogP contribution in [-0.4, -0.2) is 24.1 Å². The molecule has 22 heavy (non-hydrogen) atoms. The molecule has 0 radical (unpaired) electrons. The fourth-order valence-electron chi connectivity index (χ4n) is 1.96. The molecule has 0 bridgehead atoms. The van der Waals surface area contributed by atoms with Crippen LogP contribution in [0, 0.1) is 6.92 Å². The normalized spacial score (nSPS) is 10.4. The predicted octanol–water partition coefficient (Wildman–Crippen LogP) is 3.44. The van der Waals surface area contributed by atoms with E-state index in [-0.39, 0.29) is 12.0 Å². The third kappa shape index (κ3) is 3.75. The van der Waals surface area contributed by atoms with Gasteiger partial charge in [0.05, 0.1) is 13.2 Å². The Hall–Kier alpha value is -2.56. The van der Waals surface area contributed by atoms with Crippen molar-refractivity contribution in [3.63, 3.8) is 0 Å². The number of carbonyl (C=O) groups excluding carboxylic acids is 1. The smallest absolute Gasteiger partial charge is 0.256 e. The van der Waals surface area contributed by atoms with E-state index in [1.807, 2.05) is 32.9 Å². The Balaban J connectivity index is 2.21. The van der Waals surface area contributed by atoms with Gasteiger partial charge in [0, 0.05) is 11.8 Å². The minimum Gasteiger partial charge on any atom is -0.493 e. The quantitative estimate of drug-likeness (QED) is 0.919. The van der Waals surface area contributed by atoms with Crippen LogP contribution in [0.25, 0.3) is 0 Å². The number of hydrogen-bond acceptors (Lipinski definition) is 4. The zero-order chi connectivity index (χ0) is 16.1. The molecular formula is C17H20N2O3. The molecule has 1 heterocycles. The maximum absolute atomic E-state index is 12.3. The molecule has 0 saturated carbocycles. The lowest BCUT2D eigenvalue weighted by Crippen LogP contribution is -2.14. The lowest BCUT2D eigenvalue weighted by atomic mass is 10.1. The third-order valence-corrected chi connectivity index (χ3v) is 3.03. The van der Waals surface area contributed by atoms with Crippen molar-refractivity contribution in [3.8, 4) is 11.5 Å². The molecule has 2 rings (SSSR count). The van der Waals surface area contributed by atoms with E-state index in [1.54, 1.807) is 31.5 Å². The second-order valence-electron chi connectivity index (χ2n) is 5.16. The van der Waals surface area contributed by atoms with Crippen LogP contribution in [0.5, 0.6) is 11.5 Å². The summed E-state index contributed by atoms with van der Waals surface area (Å²) in [6, 6.07) is 8.81. The molecule has 1 aromatic carbocycles. The number of aryl methyl sites for hydroxylation is 1. The Labute approximate surface area is 130 Å². The first kappa shape index (κ1) is 15.8. The van der Waals surface area contributed by atoms with Gasteiger partial charge in [-0.15, -0.1) is 0 Å². The van der Waals surface area contributed by atoms with E-state index in [0.717, 1.165) is 5.56 Å². The summed E-state index contributed by atoms with van der Waals surface area (Å²) in [6.07, 6.45) is 1.67. The lowest BCUT2D eigenvalue weighted by molar-refractivity contribution is 0.102. The zero-order valence-electron chi connectivity index (χ0n) is 13.2. The second kappa shape index (κ2) is 6.93. The summed E-state index contributed by atoms with van der Waals surface area (Å²) >= 11 is 0. The largest absolute Gasteiger partial charge is 0.493 e. The van der Waals surface area contributed by atoms with Crippen LogP contribution in [0.2, 0.25) is 0 Å². The van der Waals surface area contributed by atoms with Crippen LogP contribution in [0.15, 0.2) is 36.5 Å². The molecule has 1 aromatic heterocycles. The standard InChI is InChI=1S/C17H20N2O3/c1-11(2)22-14-8-7-13(10-15(14)21-4)17(20)19-16-12(3)6-5-9-18-16/h5-11H,1-4H3,(H,18,19,20). The number of benzene rings is 1. The fraction of sp³-hybridized carbons (Fsp3) is 0.294. The molecule has 0 spiro atoms. The Morgan fingerprint density at radius 1 is 1.23 bits per heavy atom. The molecule has 2 aromatic rings. The summed E-state index contributed by atoms with van der Waals surface area (Å²) in [4.78, 5) is 16.5. The average molecular weight is 300 g/mol. The predicted molar refractivity (Wildman–Crippen MR) is 85.7 cm³/mol. The maximum Gasteiger partial charge on any atom is 0.256 e. The lowest BCUT2D eigenvalue weighted by Gasteiger charge is -2.14. The van der Waals surface area contributed by atoms with Gasteiger partial charge in [-0.25, -0.2) is 4.98 Å². The van der Waals surface area contributed by atoms with Gasteiger partial charge in [-0.2, -0.15) is 0 Å². The van der Waals surface area contributed by atoms with Crippen LogP contribution in [0.1, 0.15) is 29.8 Å². The van der Waals surface area contributed by atoms with E-state index < -0.39 is 0 Å². The van der Waals surface area contributed by atoms with Gasteiger partial charge in [-0.1, -0.05) is 6.07 Å². The van der Waals surface area contributed by atoms with E-state index in [0.29, 0.717) is 22.9 Å². The Morgan fingerprint density at radius 3 is 2.64 bits per heavy atom. The molecule has 0 saturated heterocycles. The highest BCUT2D eigenvalue weighted by atomic mass is 16.5. The van der Waals surface area contributed by atoms with Crippen molar-refractivity contribution < 1.29 is 14.3 Å². The number of methoxy groups -OCH3 is 1. The molecule has 1 amide bonds. The SMILES string of the molecule is COc1cc(C(=O)Nc2ncccc2C)ccc1OC(C)C. The van der Waals surface area contributed by atoms with Crippen molar-refractivity contribution in [3.05, 3.63) is 47.7 Å². The number of ether oxygens (including phenoxy) is 2. The molecule has 0 fully saturated rings. The van der Waals surface area contributed by atoms with Gasteiger partial charge in [0.1, 0.15) is 5.82 Å². The minimum atomic E-state index is -0.240. The molecule has 1 N–H and O–H groups in total. The number of aromatic nitrogens is 1. The molecule has 5 nitrogen and oxygen atoms in total. The van der Waals surface area contributed by atoms with Crippen molar-refractivity contribution in [2.45, 2.75) is 26.9 Å². The number of carbonyl (C=O) groups is 1.